The van der Waals surface area contributed by atoms with Crippen molar-refractivity contribution in [1.82, 2.24) is 9.88 Å². The Morgan fingerprint density at radius 1 is 1.40 bits per heavy atom. The zero-order chi connectivity index (χ0) is 14.7. The van der Waals surface area contributed by atoms with E-state index in [1.807, 2.05) is 19.1 Å². The van der Waals surface area contributed by atoms with Crippen molar-refractivity contribution in [2.45, 2.75) is 13.3 Å². The first-order valence-corrected chi connectivity index (χ1v) is 6.49. The summed E-state index contributed by atoms with van der Waals surface area (Å²) in [7, 11) is 3.45. The van der Waals surface area contributed by atoms with Gasteiger partial charge in [-0.3, -0.25) is 4.79 Å². The molecule has 1 aromatic heterocycles. The van der Waals surface area contributed by atoms with Gasteiger partial charge in [-0.1, -0.05) is 12.1 Å². The lowest BCUT2D eigenvalue weighted by molar-refractivity contribution is -0.128. The van der Waals surface area contributed by atoms with Gasteiger partial charge in [-0.25, -0.2) is 9.37 Å². The van der Waals surface area contributed by atoms with Gasteiger partial charge in [0.1, 0.15) is 11.3 Å². The van der Waals surface area contributed by atoms with Gasteiger partial charge in [0, 0.05) is 43.8 Å². The fourth-order valence-electron chi connectivity index (χ4n) is 2.02. The number of benzene rings is 1. The Bertz CT molecular complexity index is 640. The van der Waals surface area contributed by atoms with Crippen LogP contribution >= 0.6 is 0 Å². The van der Waals surface area contributed by atoms with Crippen LogP contribution in [0.2, 0.25) is 0 Å². The topological polar surface area (TPSA) is 45.2 Å². The van der Waals surface area contributed by atoms with Gasteiger partial charge in [-0.05, 0) is 19.1 Å². The van der Waals surface area contributed by atoms with Crippen LogP contribution in [0.1, 0.15) is 12.1 Å². The lowest BCUT2D eigenvalue weighted by atomic mass is 10.1. The second-order valence-corrected chi connectivity index (χ2v) is 4.91. The van der Waals surface area contributed by atoms with E-state index in [1.54, 1.807) is 25.1 Å². The number of anilines is 1. The maximum absolute atomic E-state index is 13.8. The first kappa shape index (κ1) is 14.2. The molecule has 0 aliphatic heterocycles. The molecule has 0 aliphatic carbocycles. The fraction of sp³-hybridized carbons (Fsp3) is 0.333. The summed E-state index contributed by atoms with van der Waals surface area (Å²) in [5, 5.41) is 3.92. The normalized spacial score (nSPS) is 10.6. The number of para-hydroxylation sites is 1. The van der Waals surface area contributed by atoms with Crippen LogP contribution in [-0.2, 0) is 4.79 Å². The van der Waals surface area contributed by atoms with Crippen LogP contribution in [0.4, 0.5) is 10.1 Å². The summed E-state index contributed by atoms with van der Waals surface area (Å²) in [4.78, 5) is 17.3. The SMILES string of the molecule is Cc1cc(NCCC(=O)N(C)C)c2cccc(F)c2n1. The number of pyridine rings is 1. The zero-order valence-electron chi connectivity index (χ0n) is 11.9. The van der Waals surface area contributed by atoms with E-state index in [9.17, 15) is 9.18 Å². The van der Waals surface area contributed by atoms with Gasteiger partial charge in [-0.2, -0.15) is 0 Å². The molecule has 0 unspecified atom stereocenters. The molecular formula is C15H18FN3O. The summed E-state index contributed by atoms with van der Waals surface area (Å²) in [5.74, 6) is -0.280. The molecule has 106 valence electrons. The predicted molar refractivity (Wildman–Crippen MR) is 78.2 cm³/mol. The molecule has 0 saturated heterocycles. The van der Waals surface area contributed by atoms with E-state index in [-0.39, 0.29) is 11.7 Å². The summed E-state index contributed by atoms with van der Waals surface area (Å²) in [6.45, 7) is 2.33. The zero-order valence-corrected chi connectivity index (χ0v) is 11.9. The number of rotatable bonds is 4. The molecule has 0 aliphatic rings. The molecule has 0 radical (unpaired) electrons. The van der Waals surface area contributed by atoms with Crippen LogP contribution in [0.5, 0.6) is 0 Å². The third kappa shape index (κ3) is 3.04. The summed E-state index contributed by atoms with van der Waals surface area (Å²) in [6.07, 6.45) is 0.394. The molecule has 0 bridgehead atoms. The van der Waals surface area contributed by atoms with E-state index in [0.717, 1.165) is 16.8 Å². The molecule has 0 saturated carbocycles. The van der Waals surface area contributed by atoms with Crippen molar-refractivity contribution in [3.63, 3.8) is 0 Å². The Morgan fingerprint density at radius 2 is 2.15 bits per heavy atom. The van der Waals surface area contributed by atoms with Crippen molar-refractivity contribution in [2.75, 3.05) is 26.0 Å². The lowest BCUT2D eigenvalue weighted by Crippen LogP contribution is -2.23. The highest BCUT2D eigenvalue weighted by molar-refractivity contribution is 5.92. The van der Waals surface area contributed by atoms with Crippen molar-refractivity contribution in [1.29, 1.82) is 0 Å². The number of aryl methyl sites for hydroxylation is 1. The monoisotopic (exact) mass is 275 g/mol. The third-order valence-electron chi connectivity index (χ3n) is 3.07. The Morgan fingerprint density at radius 3 is 2.85 bits per heavy atom. The third-order valence-corrected chi connectivity index (χ3v) is 3.07. The predicted octanol–water partition coefficient (Wildman–Crippen LogP) is 2.57. The second kappa shape index (κ2) is 5.86. The van der Waals surface area contributed by atoms with Gasteiger partial charge < -0.3 is 10.2 Å². The van der Waals surface area contributed by atoms with Crippen molar-refractivity contribution in [3.8, 4) is 0 Å². The number of fused-ring (bicyclic) bond motifs is 1. The van der Waals surface area contributed by atoms with Crippen LogP contribution in [0, 0.1) is 12.7 Å². The largest absolute Gasteiger partial charge is 0.384 e. The van der Waals surface area contributed by atoms with Gasteiger partial charge in [0.25, 0.3) is 0 Å². The molecule has 5 heteroatoms. The van der Waals surface area contributed by atoms with Crippen LogP contribution < -0.4 is 5.32 Å². The molecule has 4 nitrogen and oxygen atoms in total. The highest BCUT2D eigenvalue weighted by Crippen LogP contribution is 2.24. The van der Waals surface area contributed by atoms with Crippen LogP contribution in [0.25, 0.3) is 10.9 Å². The molecule has 20 heavy (non-hydrogen) atoms. The molecule has 1 heterocycles. The summed E-state index contributed by atoms with van der Waals surface area (Å²) in [6, 6.07) is 6.74. The van der Waals surface area contributed by atoms with Crippen LogP contribution in [-0.4, -0.2) is 36.4 Å². The Kier molecular flexibility index (Phi) is 4.17. The van der Waals surface area contributed by atoms with Crippen LogP contribution in [0.3, 0.4) is 0 Å². The quantitative estimate of drug-likeness (QED) is 0.932. The van der Waals surface area contributed by atoms with E-state index in [1.165, 1.54) is 6.07 Å². The van der Waals surface area contributed by atoms with Crippen molar-refractivity contribution in [2.24, 2.45) is 0 Å². The van der Waals surface area contributed by atoms with E-state index >= 15 is 0 Å². The van der Waals surface area contributed by atoms with Crippen molar-refractivity contribution >= 4 is 22.5 Å². The Labute approximate surface area is 117 Å². The Hall–Kier alpha value is -2.17. The number of carbonyl (C=O) groups is 1. The standard InChI is InChI=1S/C15H18FN3O/c1-10-9-13(17-8-7-14(20)19(2)3)11-5-4-6-12(16)15(11)18-10/h4-6,9H,7-8H2,1-3H3,(H,17,18). The Balaban J connectivity index is 2.22. The molecule has 0 fully saturated rings. The highest BCUT2D eigenvalue weighted by Gasteiger charge is 2.08. The molecular weight excluding hydrogens is 257 g/mol. The number of hydrogen-bond donors (Lipinski definition) is 1. The average Bonchev–Trinajstić information content (AvgIpc) is 2.39. The molecule has 0 atom stereocenters. The smallest absolute Gasteiger partial charge is 0.223 e. The van der Waals surface area contributed by atoms with E-state index < -0.39 is 0 Å². The summed E-state index contributed by atoms with van der Waals surface area (Å²) in [5.41, 5.74) is 1.90. The molecule has 2 rings (SSSR count). The first-order valence-electron chi connectivity index (χ1n) is 6.49. The lowest BCUT2D eigenvalue weighted by Gasteiger charge is -2.13. The van der Waals surface area contributed by atoms with Crippen molar-refractivity contribution < 1.29 is 9.18 Å². The number of aromatic nitrogens is 1. The van der Waals surface area contributed by atoms with Crippen LogP contribution in [0.15, 0.2) is 24.3 Å². The molecule has 1 N–H and O–H groups in total. The van der Waals surface area contributed by atoms with Gasteiger partial charge in [0.15, 0.2) is 0 Å². The first-order chi connectivity index (χ1) is 9.49. The minimum atomic E-state index is -0.335. The highest BCUT2D eigenvalue weighted by atomic mass is 19.1. The number of halogens is 1. The minimum absolute atomic E-state index is 0.0544. The molecule has 2 aromatic rings. The fourth-order valence-corrected chi connectivity index (χ4v) is 2.02. The number of nitrogens with one attached hydrogen (secondary N) is 1. The van der Waals surface area contributed by atoms with Gasteiger partial charge in [0.2, 0.25) is 5.91 Å². The van der Waals surface area contributed by atoms with Crippen molar-refractivity contribution in [3.05, 3.63) is 35.8 Å². The maximum atomic E-state index is 13.8. The summed E-state index contributed by atoms with van der Waals surface area (Å²) >= 11 is 0. The molecule has 1 amide bonds. The van der Waals surface area contributed by atoms with E-state index in [0.29, 0.717) is 18.5 Å². The van der Waals surface area contributed by atoms with E-state index in [4.69, 9.17) is 0 Å². The van der Waals surface area contributed by atoms with E-state index in [2.05, 4.69) is 10.3 Å². The average molecular weight is 275 g/mol. The number of carbonyl (C=O) groups excluding carboxylic acids is 1. The molecule has 1 aromatic carbocycles. The van der Waals surface area contributed by atoms with Gasteiger partial charge in [-0.15, -0.1) is 0 Å². The van der Waals surface area contributed by atoms with Gasteiger partial charge in [0.05, 0.1) is 0 Å². The number of hydrogen-bond acceptors (Lipinski definition) is 3. The number of nitrogens with zero attached hydrogens (tertiary/aromatic N) is 2. The van der Waals surface area contributed by atoms with Gasteiger partial charge >= 0.3 is 0 Å². The summed E-state index contributed by atoms with van der Waals surface area (Å²) < 4.78 is 13.8. The minimum Gasteiger partial charge on any atom is -0.384 e. The second-order valence-electron chi connectivity index (χ2n) is 4.91. The molecule has 0 spiro atoms. The number of amides is 1. The maximum Gasteiger partial charge on any atom is 0.223 e.